The summed E-state index contributed by atoms with van der Waals surface area (Å²) in [6.07, 6.45) is 10.0. The molecule has 1 fully saturated rings. The molecule has 1 aliphatic heterocycles. The number of hydrogen-bond donors (Lipinski definition) is 1. The van der Waals surface area contributed by atoms with Gasteiger partial charge in [-0.25, -0.2) is 0 Å². The first-order chi connectivity index (χ1) is 14.3. The van der Waals surface area contributed by atoms with Gasteiger partial charge in [-0.3, -0.25) is 19.7 Å². The van der Waals surface area contributed by atoms with Crippen LogP contribution in [0.25, 0.3) is 0 Å². The molecule has 148 valence electrons. The van der Waals surface area contributed by atoms with Gasteiger partial charge in [0, 0.05) is 30.8 Å². The summed E-state index contributed by atoms with van der Waals surface area (Å²) in [4.78, 5) is 23.3. The Labute approximate surface area is 170 Å². The second-order valence-electron chi connectivity index (χ2n) is 7.14. The number of anilines is 1. The topological polar surface area (TPSA) is 67.3 Å². The zero-order chi connectivity index (χ0) is 19.9. The Morgan fingerprint density at radius 3 is 2.59 bits per heavy atom. The number of aromatic nitrogens is 2. The molecule has 0 radical (unpaired) electrons. The first-order valence-corrected chi connectivity index (χ1v) is 9.90. The van der Waals surface area contributed by atoms with E-state index in [4.69, 9.17) is 4.74 Å². The van der Waals surface area contributed by atoms with Crippen molar-refractivity contribution in [3.8, 4) is 11.5 Å². The molecular weight excluding hydrogens is 364 g/mol. The van der Waals surface area contributed by atoms with E-state index >= 15 is 0 Å². The van der Waals surface area contributed by atoms with Gasteiger partial charge in [0.2, 0.25) is 5.91 Å². The van der Waals surface area contributed by atoms with Crippen LogP contribution in [0.5, 0.6) is 11.5 Å². The molecule has 1 aliphatic rings. The number of carbonyl (C=O) groups excluding carboxylic acids is 1. The zero-order valence-electron chi connectivity index (χ0n) is 16.2. The highest BCUT2D eigenvalue weighted by atomic mass is 16.5. The summed E-state index contributed by atoms with van der Waals surface area (Å²) in [6, 6.07) is 15.0. The number of likely N-dealkylation sites (tertiary alicyclic amines) is 1. The van der Waals surface area contributed by atoms with Gasteiger partial charge >= 0.3 is 0 Å². The molecule has 1 saturated heterocycles. The van der Waals surface area contributed by atoms with Gasteiger partial charge in [-0.2, -0.15) is 0 Å². The number of amides is 1. The Morgan fingerprint density at radius 1 is 1.00 bits per heavy atom. The third kappa shape index (κ3) is 5.18. The lowest BCUT2D eigenvalue weighted by molar-refractivity contribution is -0.122. The van der Waals surface area contributed by atoms with Crippen LogP contribution in [0.15, 0.2) is 73.3 Å². The molecule has 1 N–H and O–H groups in total. The molecule has 3 heterocycles. The number of ether oxygens (including phenoxy) is 1. The van der Waals surface area contributed by atoms with Gasteiger partial charge in [0.1, 0.15) is 11.5 Å². The monoisotopic (exact) mass is 388 g/mol. The summed E-state index contributed by atoms with van der Waals surface area (Å²) in [6.45, 7) is 1.69. The maximum Gasteiger partial charge on any atom is 0.241 e. The normalized spacial score (nSPS) is 16.9. The number of piperidine rings is 1. The summed E-state index contributed by atoms with van der Waals surface area (Å²) < 4.78 is 5.75. The van der Waals surface area contributed by atoms with Crippen molar-refractivity contribution >= 4 is 11.6 Å². The first-order valence-electron chi connectivity index (χ1n) is 9.90. The maximum atomic E-state index is 12.9. The van der Waals surface area contributed by atoms with Crippen LogP contribution in [0.1, 0.15) is 24.8 Å². The van der Waals surface area contributed by atoms with Crippen molar-refractivity contribution in [3.63, 3.8) is 0 Å². The van der Waals surface area contributed by atoms with Gasteiger partial charge in [-0.1, -0.05) is 6.42 Å². The smallest absolute Gasteiger partial charge is 0.241 e. The van der Waals surface area contributed by atoms with Crippen molar-refractivity contribution in [2.75, 3.05) is 11.9 Å². The van der Waals surface area contributed by atoms with Crippen LogP contribution >= 0.6 is 0 Å². The minimum absolute atomic E-state index is 0.0414. The third-order valence-corrected chi connectivity index (χ3v) is 5.04. The van der Waals surface area contributed by atoms with E-state index < -0.39 is 0 Å². The van der Waals surface area contributed by atoms with Gasteiger partial charge in [0.25, 0.3) is 0 Å². The molecule has 0 bridgehead atoms. The predicted octanol–water partition coefficient (Wildman–Crippen LogP) is 4.26. The number of hydrogen-bond acceptors (Lipinski definition) is 5. The second kappa shape index (κ2) is 9.30. The van der Waals surface area contributed by atoms with E-state index in [1.54, 1.807) is 24.8 Å². The second-order valence-corrected chi connectivity index (χ2v) is 7.14. The average Bonchev–Trinajstić information content (AvgIpc) is 2.77. The molecule has 0 aliphatic carbocycles. The quantitative estimate of drug-likeness (QED) is 0.683. The van der Waals surface area contributed by atoms with Gasteiger partial charge in [0.05, 0.1) is 12.2 Å². The summed E-state index contributed by atoms with van der Waals surface area (Å²) in [5, 5.41) is 3.06. The fourth-order valence-corrected chi connectivity index (χ4v) is 3.58. The van der Waals surface area contributed by atoms with E-state index in [1.807, 2.05) is 48.5 Å². The summed E-state index contributed by atoms with van der Waals surface area (Å²) in [5.74, 6) is 1.42. The lowest BCUT2D eigenvalue weighted by Crippen LogP contribution is -2.46. The average molecular weight is 388 g/mol. The third-order valence-electron chi connectivity index (χ3n) is 5.04. The van der Waals surface area contributed by atoms with Crippen LogP contribution < -0.4 is 10.1 Å². The number of rotatable bonds is 6. The van der Waals surface area contributed by atoms with Gasteiger partial charge in [-0.05, 0) is 73.5 Å². The Hall–Kier alpha value is -3.25. The van der Waals surface area contributed by atoms with Gasteiger partial charge in [-0.15, -0.1) is 0 Å². The van der Waals surface area contributed by atoms with Crippen LogP contribution in [0.4, 0.5) is 5.69 Å². The molecule has 29 heavy (non-hydrogen) atoms. The predicted molar refractivity (Wildman–Crippen MR) is 112 cm³/mol. The van der Waals surface area contributed by atoms with Gasteiger partial charge in [0.15, 0.2) is 0 Å². The van der Waals surface area contributed by atoms with Crippen molar-refractivity contribution in [1.29, 1.82) is 0 Å². The van der Waals surface area contributed by atoms with Crippen LogP contribution in [-0.2, 0) is 11.3 Å². The summed E-state index contributed by atoms with van der Waals surface area (Å²) >= 11 is 0. The van der Waals surface area contributed by atoms with E-state index in [2.05, 4.69) is 20.2 Å². The largest absolute Gasteiger partial charge is 0.456 e. The van der Waals surface area contributed by atoms with E-state index in [1.165, 1.54) is 5.56 Å². The van der Waals surface area contributed by atoms with Crippen LogP contribution in [0.2, 0.25) is 0 Å². The Morgan fingerprint density at radius 2 is 1.83 bits per heavy atom. The highest BCUT2D eigenvalue weighted by Gasteiger charge is 2.28. The summed E-state index contributed by atoms with van der Waals surface area (Å²) in [7, 11) is 0. The SMILES string of the molecule is O=C(Nc1ccc(Oc2cccnc2)cc1)[C@@H]1CCCCN1Cc1ccncc1. The molecule has 3 aromatic rings. The number of pyridine rings is 2. The highest BCUT2D eigenvalue weighted by molar-refractivity contribution is 5.94. The van der Waals surface area contributed by atoms with Crippen molar-refractivity contribution in [3.05, 3.63) is 78.9 Å². The van der Waals surface area contributed by atoms with Gasteiger partial charge < -0.3 is 10.1 Å². The van der Waals surface area contributed by atoms with Crippen LogP contribution in [0.3, 0.4) is 0 Å². The zero-order valence-corrected chi connectivity index (χ0v) is 16.2. The molecule has 1 amide bonds. The molecule has 1 atom stereocenters. The Balaban J connectivity index is 1.38. The molecular formula is C23H24N4O2. The molecule has 0 spiro atoms. The minimum atomic E-state index is -0.122. The lowest BCUT2D eigenvalue weighted by atomic mass is 10.0. The highest BCUT2D eigenvalue weighted by Crippen LogP contribution is 2.24. The molecule has 6 heteroatoms. The number of nitrogens with zero attached hydrogens (tertiary/aromatic N) is 3. The molecule has 4 rings (SSSR count). The molecule has 0 saturated carbocycles. The minimum Gasteiger partial charge on any atom is -0.456 e. The number of benzene rings is 1. The van der Waals surface area contributed by atoms with Crippen molar-refractivity contribution < 1.29 is 9.53 Å². The fourth-order valence-electron chi connectivity index (χ4n) is 3.58. The van der Waals surface area contributed by atoms with E-state index in [0.717, 1.165) is 38.0 Å². The number of nitrogens with one attached hydrogen (secondary N) is 1. The fraction of sp³-hybridized carbons (Fsp3) is 0.261. The lowest BCUT2D eigenvalue weighted by Gasteiger charge is -2.34. The van der Waals surface area contributed by atoms with E-state index in [-0.39, 0.29) is 11.9 Å². The van der Waals surface area contributed by atoms with Crippen molar-refractivity contribution in [2.24, 2.45) is 0 Å². The Kier molecular flexibility index (Phi) is 6.12. The van der Waals surface area contributed by atoms with Crippen LogP contribution in [0, 0.1) is 0 Å². The molecule has 6 nitrogen and oxygen atoms in total. The van der Waals surface area contributed by atoms with E-state index in [9.17, 15) is 4.79 Å². The standard InChI is InChI=1S/C23H24N4O2/c28-23(22-5-1-2-15-27(22)17-18-10-13-24-14-11-18)26-19-6-8-20(9-7-19)29-21-4-3-12-25-16-21/h3-4,6-14,16,22H,1-2,5,15,17H2,(H,26,28)/t22-/m0/s1. The molecule has 0 unspecified atom stereocenters. The van der Waals surface area contributed by atoms with Crippen LogP contribution in [-0.4, -0.2) is 33.4 Å². The molecule has 2 aromatic heterocycles. The van der Waals surface area contributed by atoms with Crippen molar-refractivity contribution in [2.45, 2.75) is 31.8 Å². The maximum absolute atomic E-state index is 12.9. The number of carbonyl (C=O) groups is 1. The first kappa shape index (κ1) is 19.1. The molecule has 1 aromatic carbocycles. The Bertz CT molecular complexity index is 917. The van der Waals surface area contributed by atoms with Crippen molar-refractivity contribution in [1.82, 2.24) is 14.9 Å². The summed E-state index contributed by atoms with van der Waals surface area (Å²) in [5.41, 5.74) is 1.94. The van der Waals surface area contributed by atoms with E-state index in [0.29, 0.717) is 11.5 Å².